The van der Waals surface area contributed by atoms with Crippen LogP contribution in [0.25, 0.3) is 0 Å². The van der Waals surface area contributed by atoms with E-state index in [1.54, 1.807) is 0 Å². The lowest BCUT2D eigenvalue weighted by Gasteiger charge is -2.47. The molecule has 9 heteroatoms. The van der Waals surface area contributed by atoms with Gasteiger partial charge in [0, 0.05) is 24.7 Å². The number of aliphatic hydroxyl groups is 1. The van der Waals surface area contributed by atoms with E-state index in [0.29, 0.717) is 30.6 Å². The number of aliphatic imine (C=N–C) groups is 1. The fourth-order valence-corrected chi connectivity index (χ4v) is 4.45. The molecule has 2 saturated heterocycles. The van der Waals surface area contributed by atoms with E-state index in [1.807, 2.05) is 6.92 Å². The van der Waals surface area contributed by atoms with Gasteiger partial charge in [-0.2, -0.15) is 13.2 Å². The number of alkyl halides is 3. The third-order valence-electron chi connectivity index (χ3n) is 6.09. The van der Waals surface area contributed by atoms with E-state index in [9.17, 15) is 18.3 Å². The standard InChI is InChI=1S/C22H33F3N4O2/c1-3-26-21(28-16-11-17-7-5-8-18(12-16)29(17)2)27-13-19(30)14-31-20-9-4-6-15(10-20)22(23,24)25/h4,6,9-10,16-19,30H,3,5,7-8,11-14H2,1-2H3,(H2,26,27,28). The van der Waals surface area contributed by atoms with E-state index in [1.165, 1.54) is 31.4 Å². The molecule has 3 unspecified atom stereocenters. The number of rotatable bonds is 7. The van der Waals surface area contributed by atoms with E-state index >= 15 is 0 Å². The second kappa shape index (κ2) is 10.5. The normalized spacial score (nSPS) is 25.7. The molecule has 31 heavy (non-hydrogen) atoms. The predicted molar refractivity (Wildman–Crippen MR) is 114 cm³/mol. The van der Waals surface area contributed by atoms with Gasteiger partial charge in [-0.3, -0.25) is 4.99 Å². The lowest BCUT2D eigenvalue weighted by Crippen LogP contribution is -2.56. The van der Waals surface area contributed by atoms with Crippen LogP contribution < -0.4 is 15.4 Å². The number of hydrogen-bond acceptors (Lipinski definition) is 4. The van der Waals surface area contributed by atoms with Gasteiger partial charge in [0.15, 0.2) is 5.96 Å². The number of hydrogen-bond donors (Lipinski definition) is 3. The number of halogens is 3. The van der Waals surface area contributed by atoms with Crippen molar-refractivity contribution in [3.8, 4) is 5.75 Å². The maximum atomic E-state index is 12.8. The van der Waals surface area contributed by atoms with Gasteiger partial charge in [0.25, 0.3) is 0 Å². The van der Waals surface area contributed by atoms with Crippen molar-refractivity contribution < 1.29 is 23.0 Å². The molecule has 1 aromatic rings. The molecule has 6 nitrogen and oxygen atoms in total. The monoisotopic (exact) mass is 442 g/mol. The summed E-state index contributed by atoms with van der Waals surface area (Å²) >= 11 is 0. The van der Waals surface area contributed by atoms with Crippen molar-refractivity contribution in [1.82, 2.24) is 15.5 Å². The first-order chi connectivity index (χ1) is 14.8. The Hall–Kier alpha value is -2.00. The van der Waals surface area contributed by atoms with Gasteiger partial charge in [-0.15, -0.1) is 0 Å². The highest BCUT2D eigenvalue weighted by molar-refractivity contribution is 5.80. The van der Waals surface area contributed by atoms with Crippen LogP contribution in [0, 0.1) is 0 Å². The molecule has 0 spiro atoms. The van der Waals surface area contributed by atoms with Crippen LogP contribution in [0.5, 0.6) is 5.75 Å². The molecule has 0 aromatic heterocycles. The minimum Gasteiger partial charge on any atom is -0.491 e. The highest BCUT2D eigenvalue weighted by Crippen LogP contribution is 2.33. The summed E-state index contributed by atoms with van der Waals surface area (Å²) < 4.78 is 43.7. The molecule has 2 aliphatic rings. The third kappa shape index (κ3) is 6.74. The number of guanidine groups is 1. The van der Waals surface area contributed by atoms with Gasteiger partial charge >= 0.3 is 6.18 Å². The number of benzene rings is 1. The van der Waals surface area contributed by atoms with Gasteiger partial charge in [-0.25, -0.2) is 0 Å². The van der Waals surface area contributed by atoms with Crippen LogP contribution in [0.15, 0.2) is 29.3 Å². The Balaban J connectivity index is 1.51. The Morgan fingerprint density at radius 1 is 1.29 bits per heavy atom. The Bertz CT molecular complexity index is 730. The number of aliphatic hydroxyl groups excluding tert-OH is 1. The average molecular weight is 443 g/mol. The quantitative estimate of drug-likeness (QED) is 0.447. The SMILES string of the molecule is CCNC(=NCC(O)COc1cccc(C(F)(F)F)c1)NC1CC2CCCC(C1)N2C. The van der Waals surface area contributed by atoms with Gasteiger partial charge < -0.3 is 25.4 Å². The second-order valence-corrected chi connectivity index (χ2v) is 8.43. The van der Waals surface area contributed by atoms with Crippen molar-refractivity contribution in [2.75, 3.05) is 26.7 Å². The van der Waals surface area contributed by atoms with Gasteiger partial charge in [0.05, 0.1) is 12.1 Å². The summed E-state index contributed by atoms with van der Waals surface area (Å²) in [6, 6.07) is 6.17. The van der Waals surface area contributed by atoms with Crippen LogP contribution in [0.2, 0.25) is 0 Å². The minimum absolute atomic E-state index is 0.0701. The van der Waals surface area contributed by atoms with E-state index < -0.39 is 17.8 Å². The van der Waals surface area contributed by atoms with Crippen LogP contribution in [-0.2, 0) is 6.18 Å². The number of piperidine rings is 2. The Kier molecular flexibility index (Phi) is 8.05. The smallest absolute Gasteiger partial charge is 0.416 e. The minimum atomic E-state index is -4.43. The fourth-order valence-electron chi connectivity index (χ4n) is 4.45. The number of nitrogens with one attached hydrogen (secondary N) is 2. The molecule has 2 heterocycles. The van der Waals surface area contributed by atoms with Gasteiger partial charge in [0.1, 0.15) is 18.5 Å². The van der Waals surface area contributed by atoms with Crippen molar-refractivity contribution >= 4 is 5.96 Å². The van der Waals surface area contributed by atoms with Crippen molar-refractivity contribution in [2.24, 2.45) is 4.99 Å². The van der Waals surface area contributed by atoms with E-state index in [4.69, 9.17) is 4.74 Å². The molecule has 0 amide bonds. The molecule has 1 aromatic carbocycles. The van der Waals surface area contributed by atoms with Crippen LogP contribution in [-0.4, -0.2) is 66.9 Å². The summed E-state index contributed by atoms with van der Waals surface area (Å²) in [7, 11) is 2.21. The Labute approximate surface area is 181 Å². The first-order valence-electron chi connectivity index (χ1n) is 11.0. The topological polar surface area (TPSA) is 69.1 Å². The Morgan fingerprint density at radius 2 is 2.00 bits per heavy atom. The fraction of sp³-hybridized carbons (Fsp3) is 0.682. The zero-order valence-electron chi connectivity index (χ0n) is 18.2. The van der Waals surface area contributed by atoms with Gasteiger partial charge in [0.2, 0.25) is 0 Å². The summed E-state index contributed by atoms with van der Waals surface area (Å²) in [6.07, 6.45) is 0.521. The van der Waals surface area contributed by atoms with Crippen LogP contribution in [0.4, 0.5) is 13.2 Å². The molecule has 0 saturated carbocycles. The molecular formula is C22H33F3N4O2. The molecule has 2 fully saturated rings. The largest absolute Gasteiger partial charge is 0.491 e. The summed E-state index contributed by atoms with van der Waals surface area (Å²) in [5.41, 5.74) is -0.779. The molecule has 3 rings (SSSR count). The molecule has 3 atom stereocenters. The highest BCUT2D eigenvalue weighted by atomic mass is 19.4. The lowest BCUT2D eigenvalue weighted by atomic mass is 9.82. The Morgan fingerprint density at radius 3 is 2.65 bits per heavy atom. The summed E-state index contributed by atoms with van der Waals surface area (Å²) in [5.74, 6) is 0.717. The molecule has 0 radical (unpaired) electrons. The van der Waals surface area contributed by atoms with E-state index in [-0.39, 0.29) is 18.9 Å². The molecule has 0 aliphatic carbocycles. The summed E-state index contributed by atoms with van der Waals surface area (Å²) in [4.78, 5) is 6.96. The molecule has 3 N–H and O–H groups in total. The zero-order valence-corrected chi connectivity index (χ0v) is 18.2. The number of nitrogens with zero attached hydrogens (tertiary/aromatic N) is 2. The summed E-state index contributed by atoms with van der Waals surface area (Å²) in [5, 5.41) is 16.9. The van der Waals surface area contributed by atoms with Crippen molar-refractivity contribution in [2.45, 2.75) is 69.4 Å². The number of fused-ring (bicyclic) bond motifs is 2. The first kappa shape index (κ1) is 23.7. The number of ether oxygens (including phenoxy) is 1. The van der Waals surface area contributed by atoms with E-state index in [0.717, 1.165) is 25.0 Å². The average Bonchev–Trinajstić information content (AvgIpc) is 2.71. The van der Waals surface area contributed by atoms with Crippen molar-refractivity contribution in [3.63, 3.8) is 0 Å². The van der Waals surface area contributed by atoms with Crippen molar-refractivity contribution in [3.05, 3.63) is 29.8 Å². The first-order valence-corrected chi connectivity index (χ1v) is 11.0. The van der Waals surface area contributed by atoms with Crippen LogP contribution in [0.1, 0.15) is 44.6 Å². The zero-order chi connectivity index (χ0) is 22.4. The second-order valence-electron chi connectivity index (χ2n) is 8.43. The highest BCUT2D eigenvalue weighted by Gasteiger charge is 2.36. The maximum Gasteiger partial charge on any atom is 0.416 e. The summed E-state index contributed by atoms with van der Waals surface area (Å²) in [6.45, 7) is 2.63. The molecular weight excluding hydrogens is 409 g/mol. The van der Waals surface area contributed by atoms with Crippen LogP contribution in [0.3, 0.4) is 0 Å². The lowest BCUT2D eigenvalue weighted by molar-refractivity contribution is -0.137. The van der Waals surface area contributed by atoms with Crippen LogP contribution >= 0.6 is 0 Å². The van der Waals surface area contributed by atoms with Gasteiger partial charge in [-0.05, 0) is 57.9 Å². The maximum absolute atomic E-state index is 12.8. The molecule has 174 valence electrons. The predicted octanol–water partition coefficient (Wildman–Crippen LogP) is 3.02. The van der Waals surface area contributed by atoms with E-state index in [2.05, 4.69) is 27.6 Å². The van der Waals surface area contributed by atoms with Crippen molar-refractivity contribution in [1.29, 1.82) is 0 Å². The van der Waals surface area contributed by atoms with Gasteiger partial charge in [-0.1, -0.05) is 12.5 Å². The molecule has 2 bridgehead atoms. The molecule has 2 aliphatic heterocycles. The third-order valence-corrected chi connectivity index (χ3v) is 6.09.